The maximum atomic E-state index is 12.3. The minimum absolute atomic E-state index is 0. The Morgan fingerprint density at radius 1 is 1.33 bits per heavy atom. The van der Waals surface area contributed by atoms with Crippen LogP contribution in [0.2, 0.25) is 10.0 Å². The summed E-state index contributed by atoms with van der Waals surface area (Å²) in [5.41, 5.74) is 0.552. The number of nitrogens with zero attached hydrogens (tertiary/aromatic N) is 1. The highest BCUT2D eigenvalue weighted by atomic mass is 35.5. The Bertz CT molecular complexity index is 419. The molecule has 1 atom stereocenters. The lowest BCUT2D eigenvalue weighted by molar-refractivity contribution is 0.0656. The van der Waals surface area contributed by atoms with Crippen LogP contribution >= 0.6 is 35.6 Å². The van der Waals surface area contributed by atoms with Gasteiger partial charge in [0.2, 0.25) is 0 Å². The third-order valence-corrected chi connectivity index (χ3v) is 3.31. The summed E-state index contributed by atoms with van der Waals surface area (Å²) in [6.07, 6.45) is 0. The maximum absolute atomic E-state index is 12.3. The van der Waals surface area contributed by atoms with Gasteiger partial charge in [0.1, 0.15) is 0 Å². The van der Waals surface area contributed by atoms with E-state index in [1.54, 1.807) is 18.2 Å². The van der Waals surface area contributed by atoms with Crippen molar-refractivity contribution in [1.29, 1.82) is 0 Å². The molecule has 1 heterocycles. The maximum Gasteiger partial charge on any atom is 0.254 e. The lowest BCUT2D eigenvalue weighted by atomic mass is 10.1. The molecule has 3 nitrogen and oxygen atoms in total. The van der Waals surface area contributed by atoms with E-state index in [4.69, 9.17) is 23.2 Å². The van der Waals surface area contributed by atoms with Crippen molar-refractivity contribution in [2.75, 3.05) is 19.6 Å². The van der Waals surface area contributed by atoms with E-state index >= 15 is 0 Å². The zero-order chi connectivity index (χ0) is 12.4. The van der Waals surface area contributed by atoms with Crippen LogP contribution in [0.3, 0.4) is 0 Å². The van der Waals surface area contributed by atoms with Crippen molar-refractivity contribution in [1.82, 2.24) is 10.2 Å². The Labute approximate surface area is 123 Å². The number of amides is 1. The molecule has 1 N–H and O–H groups in total. The first-order valence-electron chi connectivity index (χ1n) is 5.55. The van der Waals surface area contributed by atoms with Crippen molar-refractivity contribution < 1.29 is 4.79 Å². The molecule has 0 aromatic heterocycles. The van der Waals surface area contributed by atoms with E-state index in [0.717, 1.165) is 13.1 Å². The number of piperazine rings is 1. The van der Waals surface area contributed by atoms with Gasteiger partial charge >= 0.3 is 0 Å². The normalized spacial score (nSPS) is 19.3. The molecule has 0 aliphatic carbocycles. The highest BCUT2D eigenvalue weighted by Crippen LogP contribution is 2.21. The van der Waals surface area contributed by atoms with Gasteiger partial charge < -0.3 is 10.2 Å². The van der Waals surface area contributed by atoms with Gasteiger partial charge in [0.25, 0.3) is 5.91 Å². The van der Waals surface area contributed by atoms with Crippen LogP contribution in [-0.4, -0.2) is 36.5 Å². The van der Waals surface area contributed by atoms with Crippen LogP contribution in [0.4, 0.5) is 0 Å². The van der Waals surface area contributed by atoms with Crippen molar-refractivity contribution >= 4 is 41.5 Å². The minimum atomic E-state index is -0.0107. The molecule has 0 bridgehead atoms. The van der Waals surface area contributed by atoms with Gasteiger partial charge in [-0.1, -0.05) is 23.2 Å². The van der Waals surface area contributed by atoms with Gasteiger partial charge in [-0.15, -0.1) is 12.4 Å². The van der Waals surface area contributed by atoms with Crippen LogP contribution in [0.1, 0.15) is 17.3 Å². The van der Waals surface area contributed by atoms with Gasteiger partial charge in [-0.05, 0) is 25.1 Å². The van der Waals surface area contributed by atoms with Gasteiger partial charge in [0.15, 0.2) is 0 Å². The molecule has 1 aliphatic heterocycles. The summed E-state index contributed by atoms with van der Waals surface area (Å²) in [4.78, 5) is 14.1. The Hall–Kier alpha value is -0.480. The first-order valence-corrected chi connectivity index (χ1v) is 6.31. The van der Waals surface area contributed by atoms with E-state index < -0.39 is 0 Å². The Balaban J connectivity index is 0.00000162. The van der Waals surface area contributed by atoms with E-state index in [-0.39, 0.29) is 24.4 Å². The third-order valence-electron chi connectivity index (χ3n) is 2.87. The summed E-state index contributed by atoms with van der Waals surface area (Å²) in [7, 11) is 0. The lowest BCUT2D eigenvalue weighted by Crippen LogP contribution is -2.52. The predicted octanol–water partition coefficient (Wildman–Crippen LogP) is 2.85. The summed E-state index contributed by atoms with van der Waals surface area (Å²) >= 11 is 11.8. The molecular weight excluding hydrogens is 295 g/mol. The molecule has 1 unspecified atom stereocenters. The second-order valence-electron chi connectivity index (χ2n) is 4.21. The van der Waals surface area contributed by atoms with Gasteiger partial charge in [-0.3, -0.25) is 4.79 Å². The standard InChI is InChI=1S/C12H14Cl2N2O.ClH/c1-8-7-15-2-3-16(8)12(17)9-4-10(13)6-11(14)5-9;/h4-6,8,15H,2-3,7H2,1H3;1H. The quantitative estimate of drug-likeness (QED) is 0.865. The van der Waals surface area contributed by atoms with Gasteiger partial charge in [-0.2, -0.15) is 0 Å². The van der Waals surface area contributed by atoms with Crippen LogP contribution in [0.5, 0.6) is 0 Å². The number of carbonyl (C=O) groups is 1. The Morgan fingerprint density at radius 2 is 1.94 bits per heavy atom. The van der Waals surface area contributed by atoms with E-state index in [1.165, 1.54) is 0 Å². The molecule has 2 rings (SSSR count). The molecule has 1 fully saturated rings. The summed E-state index contributed by atoms with van der Waals surface area (Å²) in [5.74, 6) is -0.0107. The zero-order valence-corrected chi connectivity index (χ0v) is 12.3. The van der Waals surface area contributed by atoms with Crippen LogP contribution in [0.15, 0.2) is 18.2 Å². The Morgan fingerprint density at radius 3 is 2.50 bits per heavy atom. The minimum Gasteiger partial charge on any atom is -0.333 e. The lowest BCUT2D eigenvalue weighted by Gasteiger charge is -2.34. The largest absolute Gasteiger partial charge is 0.333 e. The van der Waals surface area contributed by atoms with Crippen molar-refractivity contribution in [3.8, 4) is 0 Å². The summed E-state index contributed by atoms with van der Waals surface area (Å²) in [6, 6.07) is 5.13. The predicted molar refractivity (Wildman–Crippen MR) is 77.1 cm³/mol. The second-order valence-corrected chi connectivity index (χ2v) is 5.08. The van der Waals surface area contributed by atoms with Crippen molar-refractivity contribution in [2.45, 2.75) is 13.0 Å². The first-order chi connectivity index (χ1) is 8.08. The smallest absolute Gasteiger partial charge is 0.254 e. The first kappa shape index (κ1) is 15.6. The number of rotatable bonds is 1. The molecule has 0 saturated carbocycles. The van der Waals surface area contributed by atoms with Crippen molar-refractivity contribution in [3.63, 3.8) is 0 Å². The van der Waals surface area contributed by atoms with Crippen LogP contribution in [-0.2, 0) is 0 Å². The molecule has 18 heavy (non-hydrogen) atoms. The zero-order valence-electron chi connectivity index (χ0n) is 9.95. The fourth-order valence-corrected chi connectivity index (χ4v) is 2.51. The van der Waals surface area contributed by atoms with E-state index in [1.807, 2.05) is 11.8 Å². The Kier molecular flexibility index (Phi) is 5.73. The molecule has 1 aliphatic rings. The summed E-state index contributed by atoms with van der Waals surface area (Å²) in [6.45, 7) is 4.38. The molecule has 1 saturated heterocycles. The van der Waals surface area contributed by atoms with E-state index in [0.29, 0.717) is 22.2 Å². The molecule has 6 heteroatoms. The highest BCUT2D eigenvalue weighted by molar-refractivity contribution is 6.35. The monoisotopic (exact) mass is 308 g/mol. The highest BCUT2D eigenvalue weighted by Gasteiger charge is 2.24. The fourth-order valence-electron chi connectivity index (χ4n) is 1.99. The molecule has 100 valence electrons. The van der Waals surface area contributed by atoms with Gasteiger partial charge in [0.05, 0.1) is 0 Å². The number of nitrogens with one attached hydrogen (secondary N) is 1. The van der Waals surface area contributed by atoms with E-state index in [9.17, 15) is 4.79 Å². The van der Waals surface area contributed by atoms with Crippen LogP contribution in [0.25, 0.3) is 0 Å². The van der Waals surface area contributed by atoms with E-state index in [2.05, 4.69) is 5.32 Å². The topological polar surface area (TPSA) is 32.3 Å². The number of carbonyl (C=O) groups excluding carboxylic acids is 1. The molecule has 1 aromatic carbocycles. The SMILES string of the molecule is CC1CNCCN1C(=O)c1cc(Cl)cc(Cl)c1.Cl. The van der Waals surface area contributed by atoms with Crippen molar-refractivity contribution in [2.24, 2.45) is 0 Å². The second kappa shape index (κ2) is 6.62. The average Bonchev–Trinajstić information content (AvgIpc) is 2.27. The van der Waals surface area contributed by atoms with Gasteiger partial charge in [0, 0.05) is 41.3 Å². The fraction of sp³-hybridized carbons (Fsp3) is 0.417. The number of hydrogen-bond donors (Lipinski definition) is 1. The number of halogens is 3. The summed E-state index contributed by atoms with van der Waals surface area (Å²) < 4.78 is 0. The molecular formula is C12H15Cl3N2O. The third kappa shape index (κ3) is 3.51. The van der Waals surface area contributed by atoms with Crippen LogP contribution in [0, 0.1) is 0 Å². The number of hydrogen-bond acceptors (Lipinski definition) is 2. The average molecular weight is 310 g/mol. The summed E-state index contributed by atoms with van der Waals surface area (Å²) in [5, 5.41) is 4.23. The molecule has 0 spiro atoms. The molecule has 1 amide bonds. The molecule has 1 aromatic rings. The van der Waals surface area contributed by atoms with Crippen molar-refractivity contribution in [3.05, 3.63) is 33.8 Å². The van der Waals surface area contributed by atoms with Gasteiger partial charge in [-0.25, -0.2) is 0 Å². The molecule has 0 radical (unpaired) electrons. The van der Waals surface area contributed by atoms with Crippen LogP contribution < -0.4 is 5.32 Å². The number of benzene rings is 1.